The standard InChI is InChI=1S/C25H29N3O3S/c29-32(30,19-21-6-2-1-3-7-21)25-15-14-24(27-28-25)22-10-12-23(13-11-22)31-17-5-9-20-8-4-16-26-18-20/h1-3,6-7,10-15,20,26H,4-5,8-9,16-19H2. The summed E-state index contributed by atoms with van der Waals surface area (Å²) in [6, 6.07) is 20.0. The van der Waals surface area contributed by atoms with Gasteiger partial charge >= 0.3 is 0 Å². The first-order valence-electron chi connectivity index (χ1n) is 11.1. The molecule has 0 radical (unpaired) electrons. The van der Waals surface area contributed by atoms with Crippen LogP contribution in [0.25, 0.3) is 11.3 Å². The van der Waals surface area contributed by atoms with Crippen LogP contribution in [0.3, 0.4) is 0 Å². The lowest BCUT2D eigenvalue weighted by Crippen LogP contribution is -2.29. The van der Waals surface area contributed by atoms with Crippen LogP contribution < -0.4 is 10.1 Å². The van der Waals surface area contributed by atoms with Gasteiger partial charge in [-0.25, -0.2) is 8.42 Å². The maximum Gasteiger partial charge on any atom is 0.201 e. The highest BCUT2D eigenvalue weighted by Gasteiger charge is 2.18. The first-order valence-corrected chi connectivity index (χ1v) is 12.8. The molecule has 2 aromatic carbocycles. The predicted octanol–water partition coefficient (Wildman–Crippen LogP) is 4.28. The van der Waals surface area contributed by atoms with Crippen LogP contribution in [0, 0.1) is 5.92 Å². The lowest BCUT2D eigenvalue weighted by molar-refractivity contribution is 0.275. The van der Waals surface area contributed by atoms with Gasteiger partial charge in [0, 0.05) is 5.56 Å². The minimum atomic E-state index is -3.54. The molecule has 1 atom stereocenters. The van der Waals surface area contributed by atoms with Crippen LogP contribution >= 0.6 is 0 Å². The SMILES string of the molecule is O=S(=O)(Cc1ccccc1)c1ccc(-c2ccc(OCCCC3CCCNC3)cc2)nn1. The number of benzene rings is 2. The zero-order valence-corrected chi connectivity index (χ0v) is 18.9. The van der Waals surface area contributed by atoms with E-state index in [1.54, 1.807) is 18.2 Å². The Morgan fingerprint density at radius 2 is 1.78 bits per heavy atom. The largest absolute Gasteiger partial charge is 0.494 e. The van der Waals surface area contributed by atoms with Gasteiger partial charge in [0.15, 0.2) is 5.03 Å². The molecule has 0 aliphatic carbocycles. The number of ether oxygens (including phenoxy) is 1. The van der Waals surface area contributed by atoms with Gasteiger partial charge in [0.25, 0.3) is 0 Å². The zero-order valence-electron chi connectivity index (χ0n) is 18.1. The van der Waals surface area contributed by atoms with Crippen molar-refractivity contribution in [1.82, 2.24) is 15.5 Å². The molecule has 0 spiro atoms. The topological polar surface area (TPSA) is 81.2 Å². The average Bonchev–Trinajstić information content (AvgIpc) is 2.83. The second-order valence-corrected chi connectivity index (χ2v) is 10.2. The van der Waals surface area contributed by atoms with Gasteiger partial charge in [-0.15, -0.1) is 10.2 Å². The Bertz CT molecular complexity index is 1080. The zero-order chi connectivity index (χ0) is 22.2. The van der Waals surface area contributed by atoms with Crippen LogP contribution in [0.4, 0.5) is 0 Å². The van der Waals surface area contributed by atoms with Gasteiger partial charge < -0.3 is 10.1 Å². The van der Waals surface area contributed by atoms with Crippen LogP contribution in [-0.2, 0) is 15.6 Å². The fraction of sp³-hybridized carbons (Fsp3) is 0.360. The molecule has 1 unspecified atom stereocenters. The molecule has 1 N–H and O–H groups in total. The van der Waals surface area contributed by atoms with Crippen molar-refractivity contribution in [1.29, 1.82) is 0 Å². The fourth-order valence-corrected chi connectivity index (χ4v) is 5.18. The molecule has 32 heavy (non-hydrogen) atoms. The Morgan fingerprint density at radius 1 is 0.969 bits per heavy atom. The van der Waals surface area contributed by atoms with Crippen LogP contribution in [0.1, 0.15) is 31.2 Å². The summed E-state index contributed by atoms with van der Waals surface area (Å²) in [7, 11) is -3.54. The van der Waals surface area contributed by atoms with Gasteiger partial charge in [0.2, 0.25) is 9.84 Å². The minimum absolute atomic E-state index is 0.0155. The third-order valence-electron chi connectivity index (χ3n) is 5.73. The van der Waals surface area contributed by atoms with Crippen molar-refractivity contribution >= 4 is 9.84 Å². The summed E-state index contributed by atoms with van der Waals surface area (Å²) < 4.78 is 31.1. The molecule has 3 aromatic rings. The van der Waals surface area contributed by atoms with Crippen LogP contribution in [0.15, 0.2) is 71.8 Å². The summed E-state index contributed by atoms with van der Waals surface area (Å²) in [5, 5.41) is 11.6. The van der Waals surface area contributed by atoms with E-state index in [1.807, 2.05) is 42.5 Å². The molecule has 1 fully saturated rings. The molecule has 1 saturated heterocycles. The summed E-state index contributed by atoms with van der Waals surface area (Å²) in [5.41, 5.74) is 2.22. The molecular weight excluding hydrogens is 422 g/mol. The van der Waals surface area contributed by atoms with E-state index < -0.39 is 9.84 Å². The molecule has 7 heteroatoms. The molecule has 1 aromatic heterocycles. The fourth-order valence-electron chi connectivity index (χ4n) is 3.96. The van der Waals surface area contributed by atoms with Crippen molar-refractivity contribution in [2.45, 2.75) is 36.5 Å². The first-order chi connectivity index (χ1) is 15.6. The van der Waals surface area contributed by atoms with Gasteiger partial charge in [0.05, 0.1) is 18.1 Å². The number of nitrogens with zero attached hydrogens (tertiary/aromatic N) is 2. The van der Waals surface area contributed by atoms with Crippen molar-refractivity contribution in [3.8, 4) is 17.0 Å². The molecule has 0 bridgehead atoms. The number of sulfone groups is 1. The number of nitrogens with one attached hydrogen (secondary N) is 1. The van der Waals surface area contributed by atoms with Crippen LogP contribution in [0.5, 0.6) is 5.75 Å². The number of piperidine rings is 1. The Morgan fingerprint density at radius 3 is 2.47 bits per heavy atom. The average molecular weight is 452 g/mol. The highest BCUT2D eigenvalue weighted by Crippen LogP contribution is 2.22. The smallest absolute Gasteiger partial charge is 0.201 e. The minimum Gasteiger partial charge on any atom is -0.494 e. The van der Waals surface area contributed by atoms with Crippen molar-refractivity contribution in [2.24, 2.45) is 5.92 Å². The molecule has 0 amide bonds. The Hall–Kier alpha value is -2.77. The highest BCUT2D eigenvalue weighted by molar-refractivity contribution is 7.90. The highest BCUT2D eigenvalue weighted by atomic mass is 32.2. The van der Waals surface area contributed by atoms with Crippen molar-refractivity contribution in [2.75, 3.05) is 19.7 Å². The molecule has 4 rings (SSSR count). The molecule has 1 aliphatic rings. The molecule has 0 saturated carbocycles. The third-order valence-corrected chi connectivity index (χ3v) is 7.30. The quantitative estimate of drug-likeness (QED) is 0.489. The second kappa shape index (κ2) is 10.7. The van der Waals surface area contributed by atoms with Crippen LogP contribution in [-0.4, -0.2) is 38.3 Å². The van der Waals surface area contributed by atoms with E-state index in [0.717, 1.165) is 42.3 Å². The number of aromatic nitrogens is 2. The summed E-state index contributed by atoms with van der Waals surface area (Å²) in [5.74, 6) is 1.50. The maximum atomic E-state index is 12.6. The molecule has 1 aliphatic heterocycles. The van der Waals surface area contributed by atoms with Crippen LogP contribution in [0.2, 0.25) is 0 Å². The van der Waals surface area contributed by atoms with Gasteiger partial charge in [-0.1, -0.05) is 30.3 Å². The lowest BCUT2D eigenvalue weighted by Gasteiger charge is -2.22. The van der Waals surface area contributed by atoms with E-state index >= 15 is 0 Å². The Kier molecular flexibility index (Phi) is 7.50. The van der Waals surface area contributed by atoms with Gasteiger partial charge in [-0.3, -0.25) is 0 Å². The molecular formula is C25H29N3O3S. The molecule has 2 heterocycles. The van der Waals surface area contributed by atoms with E-state index in [2.05, 4.69) is 15.5 Å². The summed E-state index contributed by atoms with van der Waals surface area (Å²) in [6.07, 6.45) is 4.84. The normalized spacial score (nSPS) is 16.6. The molecule has 6 nitrogen and oxygen atoms in total. The summed E-state index contributed by atoms with van der Waals surface area (Å²) >= 11 is 0. The van der Waals surface area contributed by atoms with E-state index in [9.17, 15) is 8.42 Å². The lowest BCUT2D eigenvalue weighted by atomic mass is 9.95. The van der Waals surface area contributed by atoms with E-state index in [4.69, 9.17) is 4.74 Å². The number of rotatable bonds is 9. The summed E-state index contributed by atoms with van der Waals surface area (Å²) in [4.78, 5) is 0. The van der Waals surface area contributed by atoms with Crippen molar-refractivity contribution in [3.05, 3.63) is 72.3 Å². The first kappa shape index (κ1) is 22.4. The Balaban J connectivity index is 1.31. The monoisotopic (exact) mass is 451 g/mol. The van der Waals surface area contributed by atoms with Crippen molar-refractivity contribution < 1.29 is 13.2 Å². The molecule has 168 valence electrons. The second-order valence-electron chi connectivity index (χ2n) is 8.23. The van der Waals surface area contributed by atoms with E-state index in [0.29, 0.717) is 12.3 Å². The predicted molar refractivity (Wildman–Crippen MR) is 125 cm³/mol. The third kappa shape index (κ3) is 6.14. The van der Waals surface area contributed by atoms with E-state index in [1.165, 1.54) is 25.3 Å². The van der Waals surface area contributed by atoms with E-state index in [-0.39, 0.29) is 10.8 Å². The maximum absolute atomic E-state index is 12.6. The number of hydrogen-bond acceptors (Lipinski definition) is 6. The summed E-state index contributed by atoms with van der Waals surface area (Å²) in [6.45, 7) is 2.99. The van der Waals surface area contributed by atoms with Gasteiger partial charge in [-0.2, -0.15) is 0 Å². The van der Waals surface area contributed by atoms with Crippen molar-refractivity contribution in [3.63, 3.8) is 0 Å². The number of hydrogen-bond donors (Lipinski definition) is 1. The van der Waals surface area contributed by atoms with Gasteiger partial charge in [0.1, 0.15) is 5.75 Å². The Labute approximate surface area is 190 Å². The van der Waals surface area contributed by atoms with Gasteiger partial charge in [-0.05, 0) is 86.7 Å².